The number of nitrogens with zero attached hydrogens (tertiary/aromatic N) is 3. The van der Waals surface area contributed by atoms with Crippen molar-refractivity contribution in [3.8, 4) is 5.69 Å². The summed E-state index contributed by atoms with van der Waals surface area (Å²) in [6.07, 6.45) is 2.09. The van der Waals surface area contributed by atoms with Crippen LogP contribution in [0.1, 0.15) is 50.5 Å². The van der Waals surface area contributed by atoms with Gasteiger partial charge in [0.2, 0.25) is 0 Å². The van der Waals surface area contributed by atoms with Gasteiger partial charge in [-0.3, -0.25) is 9.59 Å². The highest BCUT2D eigenvalue weighted by Gasteiger charge is 2.22. The molecular weight excluding hydrogens is 456 g/mol. The molecule has 31 heavy (non-hydrogen) atoms. The van der Waals surface area contributed by atoms with Gasteiger partial charge in [-0.15, -0.1) is 0 Å². The van der Waals surface area contributed by atoms with E-state index in [1.165, 1.54) is 0 Å². The van der Waals surface area contributed by atoms with Crippen LogP contribution in [0.3, 0.4) is 0 Å². The predicted octanol–water partition coefficient (Wildman–Crippen LogP) is 5.05. The summed E-state index contributed by atoms with van der Waals surface area (Å²) in [4.78, 5) is 27.5. The van der Waals surface area contributed by atoms with Gasteiger partial charge in [-0.25, -0.2) is 4.68 Å². The third-order valence-electron chi connectivity index (χ3n) is 5.78. The van der Waals surface area contributed by atoms with Gasteiger partial charge in [-0.2, -0.15) is 5.10 Å². The number of hydrogen-bond donors (Lipinski definition) is 1. The Morgan fingerprint density at radius 2 is 1.68 bits per heavy atom. The highest BCUT2D eigenvalue weighted by atomic mass is 79.9. The Balaban J connectivity index is 1.52. The Bertz CT molecular complexity index is 1150. The lowest BCUT2D eigenvalue weighted by molar-refractivity contribution is 0.0791. The Kier molecular flexibility index (Phi) is 5.96. The van der Waals surface area contributed by atoms with E-state index in [2.05, 4.69) is 26.3 Å². The van der Waals surface area contributed by atoms with Gasteiger partial charge in [0.1, 0.15) is 0 Å². The number of nitrogens with one attached hydrogen (secondary N) is 1. The minimum Gasteiger partial charge on any atom is -0.339 e. The van der Waals surface area contributed by atoms with Crippen molar-refractivity contribution in [2.45, 2.75) is 33.6 Å². The molecule has 0 aliphatic carbocycles. The van der Waals surface area contributed by atoms with Crippen LogP contribution in [0.15, 0.2) is 46.9 Å². The normalized spacial score (nSPS) is 13.5. The van der Waals surface area contributed by atoms with Crippen LogP contribution in [0.2, 0.25) is 0 Å². The number of anilines is 1. The Labute approximate surface area is 190 Å². The molecule has 0 spiro atoms. The van der Waals surface area contributed by atoms with Crippen molar-refractivity contribution < 1.29 is 9.59 Å². The third kappa shape index (κ3) is 4.14. The van der Waals surface area contributed by atoms with Crippen molar-refractivity contribution in [1.29, 1.82) is 0 Å². The summed E-state index contributed by atoms with van der Waals surface area (Å²) in [5.74, 6) is -0.179. The number of benzene rings is 2. The molecule has 1 fully saturated rings. The van der Waals surface area contributed by atoms with E-state index in [0.29, 0.717) is 16.8 Å². The molecule has 1 aliphatic heterocycles. The molecule has 7 heteroatoms. The van der Waals surface area contributed by atoms with E-state index in [9.17, 15) is 9.59 Å². The standard InChI is InChI=1S/C24H25BrN4O2/c1-15-20(24(31)28-13-4-5-14-28)7-6-8-21(15)26-23(30)18-9-11-19(12-10-18)29-17(3)22(25)16(2)27-29/h6-12H,4-5,13-14H2,1-3H3,(H,26,30). The molecule has 2 heterocycles. The van der Waals surface area contributed by atoms with Crippen LogP contribution in [0.5, 0.6) is 0 Å². The maximum Gasteiger partial charge on any atom is 0.255 e. The van der Waals surface area contributed by atoms with Crippen LogP contribution in [-0.4, -0.2) is 39.6 Å². The quantitative estimate of drug-likeness (QED) is 0.567. The van der Waals surface area contributed by atoms with Gasteiger partial charge in [0, 0.05) is 29.9 Å². The van der Waals surface area contributed by atoms with Crippen molar-refractivity contribution in [2.24, 2.45) is 0 Å². The molecule has 6 nitrogen and oxygen atoms in total. The summed E-state index contributed by atoms with van der Waals surface area (Å²) >= 11 is 3.54. The molecule has 2 aromatic carbocycles. The van der Waals surface area contributed by atoms with Crippen LogP contribution in [-0.2, 0) is 0 Å². The lowest BCUT2D eigenvalue weighted by Crippen LogP contribution is -2.28. The molecule has 1 aromatic heterocycles. The monoisotopic (exact) mass is 480 g/mol. The molecule has 0 unspecified atom stereocenters. The number of carbonyl (C=O) groups excluding carboxylic acids is 2. The topological polar surface area (TPSA) is 67.2 Å². The fourth-order valence-corrected chi connectivity index (χ4v) is 4.16. The van der Waals surface area contributed by atoms with Crippen LogP contribution in [0.25, 0.3) is 5.69 Å². The highest BCUT2D eigenvalue weighted by Crippen LogP contribution is 2.25. The average Bonchev–Trinajstić information content (AvgIpc) is 3.40. The van der Waals surface area contributed by atoms with Gasteiger partial charge < -0.3 is 10.2 Å². The molecule has 1 aliphatic rings. The number of likely N-dealkylation sites (tertiary alicyclic amines) is 1. The molecule has 0 bridgehead atoms. The SMILES string of the molecule is Cc1nn(-c2ccc(C(=O)Nc3cccc(C(=O)N4CCCC4)c3C)cc2)c(C)c1Br. The molecule has 3 aromatic rings. The van der Waals surface area contributed by atoms with E-state index in [1.807, 2.05) is 60.7 Å². The first-order chi connectivity index (χ1) is 14.9. The van der Waals surface area contributed by atoms with Crippen molar-refractivity contribution >= 4 is 33.4 Å². The summed E-state index contributed by atoms with van der Waals surface area (Å²) in [5.41, 5.74) is 5.43. The van der Waals surface area contributed by atoms with E-state index in [4.69, 9.17) is 0 Å². The van der Waals surface area contributed by atoms with Gasteiger partial charge >= 0.3 is 0 Å². The van der Waals surface area contributed by atoms with Crippen molar-refractivity contribution in [3.63, 3.8) is 0 Å². The fourth-order valence-electron chi connectivity index (χ4n) is 3.92. The second kappa shape index (κ2) is 8.67. The zero-order valence-corrected chi connectivity index (χ0v) is 19.5. The van der Waals surface area contributed by atoms with E-state index in [1.54, 1.807) is 12.1 Å². The Morgan fingerprint density at radius 1 is 1.00 bits per heavy atom. The number of hydrogen-bond acceptors (Lipinski definition) is 3. The van der Waals surface area contributed by atoms with Gasteiger partial charge in [-0.1, -0.05) is 6.07 Å². The largest absolute Gasteiger partial charge is 0.339 e. The lowest BCUT2D eigenvalue weighted by atomic mass is 10.0. The van der Waals surface area contributed by atoms with Gasteiger partial charge in [0.05, 0.1) is 21.5 Å². The average molecular weight is 481 g/mol. The van der Waals surface area contributed by atoms with E-state index in [-0.39, 0.29) is 11.8 Å². The fraction of sp³-hybridized carbons (Fsp3) is 0.292. The summed E-state index contributed by atoms with van der Waals surface area (Å²) < 4.78 is 2.83. The smallest absolute Gasteiger partial charge is 0.255 e. The summed E-state index contributed by atoms with van der Waals surface area (Å²) in [5, 5.41) is 7.48. The number of amides is 2. The maximum absolute atomic E-state index is 12.8. The number of aromatic nitrogens is 2. The second-order valence-electron chi connectivity index (χ2n) is 7.88. The molecule has 4 rings (SSSR count). The molecule has 1 saturated heterocycles. The zero-order valence-electron chi connectivity index (χ0n) is 17.9. The highest BCUT2D eigenvalue weighted by molar-refractivity contribution is 9.10. The van der Waals surface area contributed by atoms with Crippen molar-refractivity contribution in [3.05, 3.63) is 75.0 Å². The third-order valence-corrected chi connectivity index (χ3v) is 6.93. The number of halogens is 1. The number of rotatable bonds is 4. The number of aryl methyl sites for hydroxylation is 1. The zero-order chi connectivity index (χ0) is 22.1. The van der Waals surface area contributed by atoms with Crippen LogP contribution in [0, 0.1) is 20.8 Å². The summed E-state index contributed by atoms with van der Waals surface area (Å²) in [6, 6.07) is 12.8. The molecule has 0 saturated carbocycles. The Hall–Kier alpha value is -2.93. The maximum atomic E-state index is 12.8. The van der Waals surface area contributed by atoms with E-state index >= 15 is 0 Å². The minimum atomic E-state index is -0.213. The van der Waals surface area contributed by atoms with Crippen LogP contribution < -0.4 is 5.32 Å². The molecule has 0 atom stereocenters. The molecule has 160 valence electrons. The summed E-state index contributed by atoms with van der Waals surface area (Å²) in [6.45, 7) is 7.41. The lowest BCUT2D eigenvalue weighted by Gasteiger charge is -2.18. The summed E-state index contributed by atoms with van der Waals surface area (Å²) in [7, 11) is 0. The van der Waals surface area contributed by atoms with E-state index < -0.39 is 0 Å². The van der Waals surface area contributed by atoms with Crippen LogP contribution in [0.4, 0.5) is 5.69 Å². The van der Waals surface area contributed by atoms with Gasteiger partial charge in [0.25, 0.3) is 11.8 Å². The first-order valence-electron chi connectivity index (χ1n) is 10.4. The molecule has 1 N–H and O–H groups in total. The molecule has 0 radical (unpaired) electrons. The van der Waals surface area contributed by atoms with Crippen molar-refractivity contribution in [2.75, 3.05) is 18.4 Å². The van der Waals surface area contributed by atoms with E-state index in [0.717, 1.165) is 53.0 Å². The Morgan fingerprint density at radius 3 is 2.29 bits per heavy atom. The molecular formula is C24H25BrN4O2. The molecule has 2 amide bonds. The second-order valence-corrected chi connectivity index (χ2v) is 8.67. The minimum absolute atomic E-state index is 0.0338. The predicted molar refractivity (Wildman–Crippen MR) is 125 cm³/mol. The first kappa shape index (κ1) is 21.3. The first-order valence-corrected chi connectivity index (χ1v) is 11.2. The number of carbonyl (C=O) groups is 2. The van der Waals surface area contributed by atoms with Crippen LogP contribution >= 0.6 is 15.9 Å². The van der Waals surface area contributed by atoms with Gasteiger partial charge in [-0.05, 0) is 91.5 Å². The van der Waals surface area contributed by atoms with Gasteiger partial charge in [0.15, 0.2) is 0 Å². The van der Waals surface area contributed by atoms with Crippen molar-refractivity contribution in [1.82, 2.24) is 14.7 Å².